The third kappa shape index (κ3) is 4.41. The Morgan fingerprint density at radius 3 is 2.71 bits per heavy atom. The third-order valence-electron chi connectivity index (χ3n) is 3.95. The van der Waals surface area contributed by atoms with Crippen LogP contribution >= 0.6 is 11.8 Å². The van der Waals surface area contributed by atoms with Crippen molar-refractivity contribution in [2.75, 3.05) is 5.32 Å². The van der Waals surface area contributed by atoms with Crippen LogP contribution in [0.15, 0.2) is 15.7 Å². The Balaban J connectivity index is 2.11. The molecule has 7 heteroatoms. The SMILES string of the molecule is CCCCn1c(SC(CC)C(=O)Nc2cc(C)on2)nc(C)c1C. The van der Waals surface area contributed by atoms with Gasteiger partial charge >= 0.3 is 0 Å². The van der Waals surface area contributed by atoms with Crippen molar-refractivity contribution in [2.45, 2.75) is 70.8 Å². The lowest BCUT2D eigenvalue weighted by Crippen LogP contribution is -2.25. The van der Waals surface area contributed by atoms with Crippen LogP contribution in [0.4, 0.5) is 5.82 Å². The number of rotatable bonds is 8. The van der Waals surface area contributed by atoms with Gasteiger partial charge in [0, 0.05) is 18.3 Å². The summed E-state index contributed by atoms with van der Waals surface area (Å²) >= 11 is 1.52. The van der Waals surface area contributed by atoms with Crippen molar-refractivity contribution in [3.05, 3.63) is 23.2 Å². The third-order valence-corrected chi connectivity index (χ3v) is 5.30. The highest BCUT2D eigenvalue weighted by Crippen LogP contribution is 2.28. The highest BCUT2D eigenvalue weighted by atomic mass is 32.2. The number of carbonyl (C=O) groups is 1. The molecule has 132 valence electrons. The Kier molecular flexibility index (Phi) is 6.48. The Morgan fingerprint density at radius 1 is 1.38 bits per heavy atom. The summed E-state index contributed by atoms with van der Waals surface area (Å²) < 4.78 is 7.21. The van der Waals surface area contributed by atoms with Crippen LogP contribution in [0.25, 0.3) is 0 Å². The molecule has 0 bridgehead atoms. The van der Waals surface area contributed by atoms with Crippen LogP contribution in [0.1, 0.15) is 50.3 Å². The molecule has 0 fully saturated rings. The van der Waals surface area contributed by atoms with Crippen LogP contribution < -0.4 is 5.32 Å². The molecule has 2 aromatic rings. The van der Waals surface area contributed by atoms with E-state index in [9.17, 15) is 4.79 Å². The first-order valence-corrected chi connectivity index (χ1v) is 9.28. The van der Waals surface area contributed by atoms with Crippen molar-refractivity contribution in [2.24, 2.45) is 0 Å². The molecule has 24 heavy (non-hydrogen) atoms. The summed E-state index contributed by atoms with van der Waals surface area (Å²) in [6.07, 6.45) is 2.95. The molecule has 1 unspecified atom stereocenters. The van der Waals surface area contributed by atoms with Crippen molar-refractivity contribution >= 4 is 23.5 Å². The molecule has 0 spiro atoms. The molecule has 1 amide bonds. The molecule has 0 radical (unpaired) electrons. The monoisotopic (exact) mass is 350 g/mol. The molecule has 0 saturated heterocycles. The van der Waals surface area contributed by atoms with Crippen LogP contribution in [0, 0.1) is 20.8 Å². The fourth-order valence-corrected chi connectivity index (χ4v) is 3.51. The highest BCUT2D eigenvalue weighted by Gasteiger charge is 2.23. The van der Waals surface area contributed by atoms with Gasteiger partial charge in [-0.05, 0) is 33.6 Å². The number of anilines is 1. The quantitative estimate of drug-likeness (QED) is 0.725. The zero-order valence-electron chi connectivity index (χ0n) is 15.0. The molecular weight excluding hydrogens is 324 g/mol. The average molecular weight is 350 g/mol. The number of hydrogen-bond donors (Lipinski definition) is 1. The first kappa shape index (κ1) is 18.6. The Bertz CT molecular complexity index is 693. The minimum Gasteiger partial charge on any atom is -0.360 e. The molecule has 0 aliphatic carbocycles. The zero-order valence-corrected chi connectivity index (χ0v) is 15.9. The number of thioether (sulfide) groups is 1. The van der Waals surface area contributed by atoms with Gasteiger partial charge in [0.25, 0.3) is 0 Å². The number of amides is 1. The van der Waals surface area contributed by atoms with Gasteiger partial charge in [0.2, 0.25) is 5.91 Å². The molecule has 0 aliphatic heterocycles. The van der Waals surface area contributed by atoms with Crippen LogP contribution in [0.5, 0.6) is 0 Å². The molecule has 1 atom stereocenters. The van der Waals surface area contributed by atoms with Crippen LogP contribution in [-0.2, 0) is 11.3 Å². The molecule has 0 aliphatic rings. The minimum absolute atomic E-state index is 0.0730. The van der Waals surface area contributed by atoms with Gasteiger partial charge in [-0.3, -0.25) is 4.79 Å². The molecule has 6 nitrogen and oxygen atoms in total. The van der Waals surface area contributed by atoms with E-state index < -0.39 is 0 Å². The Morgan fingerprint density at radius 2 is 2.12 bits per heavy atom. The predicted molar refractivity (Wildman–Crippen MR) is 96.4 cm³/mol. The van der Waals surface area contributed by atoms with Crippen molar-refractivity contribution < 1.29 is 9.32 Å². The fraction of sp³-hybridized carbons (Fsp3) is 0.588. The number of aromatic nitrogens is 3. The lowest BCUT2D eigenvalue weighted by atomic mass is 10.3. The van der Waals surface area contributed by atoms with E-state index in [-0.39, 0.29) is 11.2 Å². The molecule has 0 saturated carbocycles. The maximum atomic E-state index is 12.5. The number of carbonyl (C=O) groups excluding carboxylic acids is 1. The zero-order chi connectivity index (χ0) is 17.7. The van der Waals surface area contributed by atoms with E-state index in [0.717, 1.165) is 30.2 Å². The van der Waals surface area contributed by atoms with E-state index in [2.05, 4.69) is 33.9 Å². The summed E-state index contributed by atoms with van der Waals surface area (Å²) in [6.45, 7) is 11.0. The average Bonchev–Trinajstić information content (AvgIpc) is 3.07. The van der Waals surface area contributed by atoms with Gasteiger partial charge in [-0.1, -0.05) is 37.2 Å². The summed E-state index contributed by atoms with van der Waals surface area (Å²) in [4.78, 5) is 17.2. The van der Waals surface area contributed by atoms with Gasteiger partial charge in [0.1, 0.15) is 5.76 Å². The first-order chi connectivity index (χ1) is 11.5. The number of hydrogen-bond acceptors (Lipinski definition) is 5. The second-order valence-corrected chi connectivity index (χ2v) is 7.07. The Hall–Kier alpha value is -1.76. The first-order valence-electron chi connectivity index (χ1n) is 8.40. The van der Waals surface area contributed by atoms with Crippen LogP contribution in [0.3, 0.4) is 0 Å². The van der Waals surface area contributed by atoms with Crippen molar-refractivity contribution in [1.82, 2.24) is 14.7 Å². The van der Waals surface area contributed by atoms with E-state index in [1.807, 2.05) is 13.8 Å². The second kappa shape index (κ2) is 8.37. The summed E-state index contributed by atoms with van der Waals surface area (Å²) in [6, 6.07) is 1.71. The van der Waals surface area contributed by atoms with Gasteiger partial charge in [-0.15, -0.1) is 0 Å². The summed E-state index contributed by atoms with van der Waals surface area (Å²) in [5, 5.41) is 7.33. The van der Waals surface area contributed by atoms with E-state index in [1.54, 1.807) is 13.0 Å². The molecular formula is C17H26N4O2S. The number of nitrogens with one attached hydrogen (secondary N) is 1. The van der Waals surface area contributed by atoms with Gasteiger partial charge in [0.15, 0.2) is 11.0 Å². The largest absolute Gasteiger partial charge is 0.360 e. The van der Waals surface area contributed by atoms with E-state index in [1.165, 1.54) is 17.5 Å². The fourth-order valence-electron chi connectivity index (χ4n) is 2.37. The molecule has 1 N–H and O–H groups in total. The number of aryl methyl sites for hydroxylation is 2. The molecule has 2 heterocycles. The summed E-state index contributed by atoms with van der Waals surface area (Å²) in [5.74, 6) is 1.06. The van der Waals surface area contributed by atoms with Crippen LogP contribution in [0.2, 0.25) is 0 Å². The van der Waals surface area contributed by atoms with E-state index in [4.69, 9.17) is 4.52 Å². The smallest absolute Gasteiger partial charge is 0.239 e. The molecule has 0 aromatic carbocycles. The van der Waals surface area contributed by atoms with Crippen molar-refractivity contribution in [1.29, 1.82) is 0 Å². The Labute approximate surface area is 147 Å². The number of unbranched alkanes of at least 4 members (excludes halogenated alkanes) is 1. The van der Waals surface area contributed by atoms with Gasteiger partial charge < -0.3 is 14.4 Å². The van der Waals surface area contributed by atoms with E-state index in [0.29, 0.717) is 18.0 Å². The summed E-state index contributed by atoms with van der Waals surface area (Å²) in [7, 11) is 0. The molecule has 2 aromatic heterocycles. The van der Waals surface area contributed by atoms with Gasteiger partial charge in [-0.25, -0.2) is 4.98 Å². The number of imidazole rings is 1. The normalized spacial score (nSPS) is 12.4. The van der Waals surface area contributed by atoms with Gasteiger partial charge in [0.05, 0.1) is 10.9 Å². The van der Waals surface area contributed by atoms with Gasteiger partial charge in [-0.2, -0.15) is 0 Å². The van der Waals surface area contributed by atoms with E-state index >= 15 is 0 Å². The maximum Gasteiger partial charge on any atom is 0.239 e. The summed E-state index contributed by atoms with van der Waals surface area (Å²) in [5.41, 5.74) is 2.20. The van der Waals surface area contributed by atoms with Crippen molar-refractivity contribution in [3.63, 3.8) is 0 Å². The molecule has 2 rings (SSSR count). The second-order valence-electron chi connectivity index (χ2n) is 5.90. The van der Waals surface area contributed by atoms with Crippen molar-refractivity contribution in [3.8, 4) is 0 Å². The topological polar surface area (TPSA) is 73.0 Å². The minimum atomic E-state index is -0.219. The maximum absolute atomic E-state index is 12.5. The number of nitrogens with zero attached hydrogens (tertiary/aromatic N) is 3. The lowest BCUT2D eigenvalue weighted by molar-refractivity contribution is -0.115. The standard InChI is InChI=1S/C17H26N4O2S/c1-6-8-9-21-13(5)12(4)18-17(21)24-14(7-2)16(22)19-15-10-11(3)23-20-15/h10,14H,6-9H2,1-5H3,(H,19,20,22). The predicted octanol–water partition coefficient (Wildman–Crippen LogP) is 4.11. The van der Waals surface area contributed by atoms with Crippen LogP contribution in [-0.4, -0.2) is 25.9 Å². The highest BCUT2D eigenvalue weighted by molar-refractivity contribution is 8.00. The lowest BCUT2D eigenvalue weighted by Gasteiger charge is -2.15.